The van der Waals surface area contributed by atoms with Crippen LogP contribution in [0.15, 0.2) is 42.5 Å². The molecule has 7 nitrogen and oxygen atoms in total. The van der Waals surface area contributed by atoms with Crippen molar-refractivity contribution in [1.29, 1.82) is 0 Å². The summed E-state index contributed by atoms with van der Waals surface area (Å²) in [5.74, 6) is 0.661. The number of carbonyl (C=O) groups excluding carboxylic acids is 1. The van der Waals surface area contributed by atoms with Gasteiger partial charge in [0.25, 0.3) is 0 Å². The second-order valence-corrected chi connectivity index (χ2v) is 9.63. The second kappa shape index (κ2) is 10.2. The number of benzene rings is 2. The van der Waals surface area contributed by atoms with Crippen molar-refractivity contribution in [2.75, 3.05) is 33.1 Å². The summed E-state index contributed by atoms with van der Waals surface area (Å²) >= 11 is 0. The molecule has 0 radical (unpaired) electrons. The second-order valence-electron chi connectivity index (χ2n) is 7.54. The molecule has 31 heavy (non-hydrogen) atoms. The van der Waals surface area contributed by atoms with Gasteiger partial charge in [-0.2, -0.15) is 4.31 Å². The minimum Gasteiger partial charge on any atom is -0.493 e. The SMILES string of the molecule is CCC(C(=O)NCCS(=O)(=O)N1CCc2cc(OC)c(OC)cc2C1)c1ccccc1. The van der Waals surface area contributed by atoms with E-state index in [-0.39, 0.29) is 30.7 Å². The lowest BCUT2D eigenvalue weighted by Gasteiger charge is -2.29. The van der Waals surface area contributed by atoms with Crippen LogP contribution >= 0.6 is 0 Å². The maximum absolute atomic E-state index is 12.9. The highest BCUT2D eigenvalue weighted by Gasteiger charge is 2.28. The van der Waals surface area contributed by atoms with E-state index in [1.807, 2.05) is 49.4 Å². The fourth-order valence-electron chi connectivity index (χ4n) is 3.91. The fourth-order valence-corrected chi connectivity index (χ4v) is 5.23. The third-order valence-corrected chi connectivity index (χ3v) is 7.48. The first-order valence-corrected chi connectivity index (χ1v) is 12.0. The van der Waals surface area contributed by atoms with Gasteiger partial charge in [-0.3, -0.25) is 4.79 Å². The molecule has 1 heterocycles. The molecule has 1 amide bonds. The van der Waals surface area contributed by atoms with Gasteiger partial charge in [-0.25, -0.2) is 8.42 Å². The van der Waals surface area contributed by atoms with Crippen molar-refractivity contribution in [3.63, 3.8) is 0 Å². The molecule has 3 rings (SSSR count). The summed E-state index contributed by atoms with van der Waals surface area (Å²) in [6.45, 7) is 2.72. The van der Waals surface area contributed by atoms with Crippen molar-refractivity contribution >= 4 is 15.9 Å². The number of methoxy groups -OCH3 is 2. The monoisotopic (exact) mass is 446 g/mol. The average molecular weight is 447 g/mol. The van der Waals surface area contributed by atoms with Crippen LogP contribution in [0.1, 0.15) is 36.0 Å². The smallest absolute Gasteiger partial charge is 0.227 e. The molecule has 0 aliphatic carbocycles. The Morgan fingerprint density at radius 1 is 1.10 bits per heavy atom. The van der Waals surface area contributed by atoms with E-state index in [4.69, 9.17) is 9.47 Å². The summed E-state index contributed by atoms with van der Waals surface area (Å²) < 4.78 is 37.9. The Morgan fingerprint density at radius 2 is 1.74 bits per heavy atom. The van der Waals surface area contributed by atoms with Gasteiger partial charge < -0.3 is 14.8 Å². The molecule has 1 unspecified atom stereocenters. The van der Waals surface area contributed by atoms with Gasteiger partial charge in [-0.15, -0.1) is 0 Å². The highest BCUT2D eigenvalue weighted by atomic mass is 32.2. The maximum Gasteiger partial charge on any atom is 0.227 e. The lowest BCUT2D eigenvalue weighted by atomic mass is 9.96. The highest BCUT2D eigenvalue weighted by Crippen LogP contribution is 2.33. The Hall–Kier alpha value is -2.58. The normalized spacial score (nSPS) is 15.1. The van der Waals surface area contributed by atoms with Gasteiger partial charge in [0.1, 0.15) is 0 Å². The van der Waals surface area contributed by atoms with E-state index in [1.54, 1.807) is 14.2 Å². The number of sulfonamides is 1. The molecule has 8 heteroatoms. The van der Waals surface area contributed by atoms with Crippen molar-refractivity contribution in [2.45, 2.75) is 32.2 Å². The van der Waals surface area contributed by atoms with Crippen LogP contribution < -0.4 is 14.8 Å². The number of nitrogens with zero attached hydrogens (tertiary/aromatic N) is 1. The molecule has 0 aromatic heterocycles. The number of fused-ring (bicyclic) bond motifs is 1. The van der Waals surface area contributed by atoms with Crippen LogP contribution in [0.5, 0.6) is 11.5 Å². The van der Waals surface area contributed by atoms with Gasteiger partial charge in [0, 0.05) is 19.6 Å². The van der Waals surface area contributed by atoms with Gasteiger partial charge in [0.2, 0.25) is 15.9 Å². The number of hydrogen-bond acceptors (Lipinski definition) is 5. The van der Waals surface area contributed by atoms with Crippen LogP contribution in [0.4, 0.5) is 0 Å². The molecule has 0 fully saturated rings. The Labute approximate surface area is 184 Å². The lowest BCUT2D eigenvalue weighted by molar-refractivity contribution is -0.122. The number of rotatable bonds is 9. The zero-order valence-corrected chi connectivity index (χ0v) is 19.1. The van der Waals surface area contributed by atoms with E-state index in [0.717, 1.165) is 16.7 Å². The lowest BCUT2D eigenvalue weighted by Crippen LogP contribution is -2.41. The van der Waals surface area contributed by atoms with E-state index in [0.29, 0.717) is 30.9 Å². The van der Waals surface area contributed by atoms with Crippen molar-refractivity contribution in [1.82, 2.24) is 9.62 Å². The van der Waals surface area contributed by atoms with Crippen LogP contribution in [0, 0.1) is 0 Å². The zero-order valence-electron chi connectivity index (χ0n) is 18.3. The number of nitrogens with one attached hydrogen (secondary N) is 1. The van der Waals surface area contributed by atoms with E-state index < -0.39 is 10.0 Å². The molecule has 1 atom stereocenters. The van der Waals surface area contributed by atoms with Gasteiger partial charge >= 0.3 is 0 Å². The molecule has 0 bridgehead atoms. The predicted octanol–water partition coefficient (Wildman–Crippen LogP) is 2.70. The van der Waals surface area contributed by atoms with Crippen LogP contribution in [-0.2, 0) is 27.8 Å². The average Bonchev–Trinajstić information content (AvgIpc) is 2.78. The van der Waals surface area contributed by atoms with E-state index in [1.165, 1.54) is 4.31 Å². The number of amides is 1. The van der Waals surface area contributed by atoms with Crippen molar-refractivity contribution in [3.05, 3.63) is 59.2 Å². The number of hydrogen-bond donors (Lipinski definition) is 1. The largest absolute Gasteiger partial charge is 0.493 e. The number of carbonyl (C=O) groups is 1. The van der Waals surface area contributed by atoms with Crippen LogP contribution in [0.25, 0.3) is 0 Å². The van der Waals surface area contributed by atoms with Crippen LogP contribution in [0.3, 0.4) is 0 Å². The molecule has 1 aliphatic heterocycles. The predicted molar refractivity (Wildman–Crippen MR) is 120 cm³/mol. The quantitative estimate of drug-likeness (QED) is 0.640. The molecule has 1 N–H and O–H groups in total. The third-order valence-electron chi connectivity index (χ3n) is 5.66. The molecule has 1 aliphatic rings. The van der Waals surface area contributed by atoms with E-state index in [2.05, 4.69) is 5.32 Å². The summed E-state index contributed by atoms with van der Waals surface area (Å²) in [6.07, 6.45) is 1.25. The molecular weight excluding hydrogens is 416 g/mol. The summed E-state index contributed by atoms with van der Waals surface area (Å²) in [5, 5.41) is 2.80. The van der Waals surface area contributed by atoms with Crippen LogP contribution in [-0.4, -0.2) is 51.7 Å². The molecule has 0 spiro atoms. The molecular formula is C23H30N2O5S. The van der Waals surface area contributed by atoms with Gasteiger partial charge in [0.15, 0.2) is 11.5 Å². The molecule has 2 aromatic rings. The zero-order chi connectivity index (χ0) is 22.4. The van der Waals surface area contributed by atoms with E-state index in [9.17, 15) is 13.2 Å². The Bertz CT molecular complexity index is 1010. The Kier molecular flexibility index (Phi) is 7.56. The first kappa shape index (κ1) is 23.1. The van der Waals surface area contributed by atoms with Gasteiger partial charge in [-0.1, -0.05) is 37.3 Å². The summed E-state index contributed by atoms with van der Waals surface area (Å²) in [5.41, 5.74) is 2.90. The van der Waals surface area contributed by atoms with E-state index >= 15 is 0 Å². The highest BCUT2D eigenvalue weighted by molar-refractivity contribution is 7.89. The standard InChI is InChI=1S/C23H30N2O5S/c1-4-20(17-8-6-5-7-9-17)23(26)24-11-13-31(27,28)25-12-10-18-14-21(29-2)22(30-3)15-19(18)16-25/h5-9,14-15,20H,4,10-13,16H2,1-3H3,(H,24,26). The first-order valence-electron chi connectivity index (χ1n) is 10.4. The molecule has 0 saturated carbocycles. The third kappa shape index (κ3) is 5.37. The maximum atomic E-state index is 12.9. The topological polar surface area (TPSA) is 84.9 Å². The van der Waals surface area contributed by atoms with Crippen molar-refractivity contribution in [3.8, 4) is 11.5 Å². The van der Waals surface area contributed by atoms with Crippen molar-refractivity contribution in [2.24, 2.45) is 0 Å². The Morgan fingerprint density at radius 3 is 2.35 bits per heavy atom. The van der Waals surface area contributed by atoms with Gasteiger partial charge in [0.05, 0.1) is 25.9 Å². The van der Waals surface area contributed by atoms with Crippen LogP contribution in [0.2, 0.25) is 0 Å². The molecule has 168 valence electrons. The Balaban J connectivity index is 1.61. The minimum absolute atomic E-state index is 0.0831. The molecule has 2 aromatic carbocycles. The summed E-state index contributed by atoms with van der Waals surface area (Å²) in [6, 6.07) is 13.3. The minimum atomic E-state index is -3.51. The first-order chi connectivity index (χ1) is 14.9. The van der Waals surface area contributed by atoms with Gasteiger partial charge in [-0.05, 0) is 41.7 Å². The summed E-state index contributed by atoms with van der Waals surface area (Å²) in [7, 11) is -0.366. The fraction of sp³-hybridized carbons (Fsp3) is 0.435. The number of ether oxygens (including phenoxy) is 2. The molecule has 0 saturated heterocycles. The van der Waals surface area contributed by atoms with Crippen molar-refractivity contribution < 1.29 is 22.7 Å². The summed E-state index contributed by atoms with van der Waals surface area (Å²) in [4.78, 5) is 12.6.